The van der Waals surface area contributed by atoms with Crippen LogP contribution in [0.15, 0.2) is 24.3 Å². The molecule has 0 aliphatic heterocycles. The van der Waals surface area contributed by atoms with E-state index in [-0.39, 0.29) is 25.0 Å². The zero-order valence-corrected chi connectivity index (χ0v) is 11.5. The molecule has 0 radical (unpaired) electrons. The topological polar surface area (TPSA) is 69.6 Å². The van der Waals surface area contributed by atoms with Gasteiger partial charge in [0, 0.05) is 13.6 Å². The molecular formula is C14H20N2O3. The maximum Gasteiger partial charge on any atom is 0.317 e. The quantitative estimate of drug-likeness (QED) is 0.856. The van der Waals surface area contributed by atoms with Crippen molar-refractivity contribution in [1.82, 2.24) is 10.2 Å². The molecule has 0 bridgehead atoms. The number of hydrogen-bond acceptors (Lipinski definition) is 2. The van der Waals surface area contributed by atoms with Crippen LogP contribution in [-0.2, 0) is 4.79 Å². The second-order valence-electron chi connectivity index (χ2n) is 4.59. The highest BCUT2D eigenvalue weighted by atomic mass is 16.4. The summed E-state index contributed by atoms with van der Waals surface area (Å²) in [6.07, 6.45) is -0.0529. The highest BCUT2D eigenvalue weighted by Crippen LogP contribution is 2.16. The van der Waals surface area contributed by atoms with Crippen LogP contribution < -0.4 is 5.32 Å². The summed E-state index contributed by atoms with van der Waals surface area (Å²) in [7, 11) is 1.59. The van der Waals surface area contributed by atoms with Gasteiger partial charge in [-0.25, -0.2) is 4.79 Å². The van der Waals surface area contributed by atoms with Crippen molar-refractivity contribution in [2.24, 2.45) is 0 Å². The van der Waals surface area contributed by atoms with E-state index in [2.05, 4.69) is 5.32 Å². The number of nitrogens with one attached hydrogen (secondary N) is 1. The largest absolute Gasteiger partial charge is 0.481 e. The van der Waals surface area contributed by atoms with Crippen LogP contribution in [0.5, 0.6) is 0 Å². The summed E-state index contributed by atoms with van der Waals surface area (Å²) < 4.78 is 0. The summed E-state index contributed by atoms with van der Waals surface area (Å²) in [6, 6.07) is 7.47. The number of hydrogen-bond donors (Lipinski definition) is 2. The summed E-state index contributed by atoms with van der Waals surface area (Å²) in [5.74, 6) is -0.911. The fourth-order valence-corrected chi connectivity index (χ4v) is 1.81. The van der Waals surface area contributed by atoms with Gasteiger partial charge in [0.05, 0.1) is 12.5 Å². The van der Waals surface area contributed by atoms with E-state index in [0.717, 1.165) is 11.1 Å². The van der Waals surface area contributed by atoms with Crippen LogP contribution in [0.1, 0.15) is 30.5 Å². The van der Waals surface area contributed by atoms with E-state index in [0.29, 0.717) is 0 Å². The number of aliphatic carboxylic acids is 1. The van der Waals surface area contributed by atoms with E-state index in [4.69, 9.17) is 5.11 Å². The Labute approximate surface area is 113 Å². The molecule has 1 rings (SSSR count). The average Bonchev–Trinajstić information content (AvgIpc) is 2.36. The molecule has 0 aromatic heterocycles. The predicted octanol–water partition coefficient (Wildman–Crippen LogP) is 2.17. The minimum Gasteiger partial charge on any atom is -0.481 e. The monoisotopic (exact) mass is 264 g/mol. The average molecular weight is 264 g/mol. The SMILES string of the molecule is Cc1ccccc1C(C)NC(=O)N(C)CCC(=O)O. The summed E-state index contributed by atoms with van der Waals surface area (Å²) in [5.41, 5.74) is 2.17. The third-order valence-electron chi connectivity index (χ3n) is 3.00. The zero-order valence-electron chi connectivity index (χ0n) is 11.5. The molecule has 2 amide bonds. The normalized spacial score (nSPS) is 11.7. The molecule has 19 heavy (non-hydrogen) atoms. The number of rotatable bonds is 5. The van der Waals surface area contributed by atoms with Crippen molar-refractivity contribution in [1.29, 1.82) is 0 Å². The fraction of sp³-hybridized carbons (Fsp3) is 0.429. The second kappa shape index (κ2) is 6.78. The van der Waals surface area contributed by atoms with Crippen molar-refractivity contribution in [2.75, 3.05) is 13.6 Å². The maximum absolute atomic E-state index is 11.9. The number of carbonyl (C=O) groups is 2. The van der Waals surface area contributed by atoms with Crippen LogP contribution >= 0.6 is 0 Å². The Morgan fingerprint density at radius 3 is 2.58 bits per heavy atom. The highest BCUT2D eigenvalue weighted by molar-refractivity contribution is 5.75. The summed E-state index contributed by atoms with van der Waals surface area (Å²) >= 11 is 0. The summed E-state index contributed by atoms with van der Waals surface area (Å²) in [4.78, 5) is 23.7. The first kappa shape index (κ1) is 15.0. The summed E-state index contributed by atoms with van der Waals surface area (Å²) in [5, 5.41) is 11.4. The number of amides is 2. The number of carboxylic acids is 1. The highest BCUT2D eigenvalue weighted by Gasteiger charge is 2.14. The third-order valence-corrected chi connectivity index (χ3v) is 3.00. The molecule has 1 aromatic carbocycles. The lowest BCUT2D eigenvalue weighted by molar-refractivity contribution is -0.137. The smallest absolute Gasteiger partial charge is 0.317 e. The summed E-state index contributed by atoms with van der Waals surface area (Å²) in [6.45, 7) is 4.10. The van der Waals surface area contributed by atoms with Crippen LogP contribution in [-0.4, -0.2) is 35.6 Å². The molecular weight excluding hydrogens is 244 g/mol. The van der Waals surface area contributed by atoms with Gasteiger partial charge in [-0.1, -0.05) is 24.3 Å². The number of carboxylic acid groups (broad SMARTS) is 1. The molecule has 1 unspecified atom stereocenters. The van der Waals surface area contributed by atoms with E-state index >= 15 is 0 Å². The standard InChI is InChI=1S/C14H20N2O3/c1-10-6-4-5-7-12(10)11(2)15-14(19)16(3)9-8-13(17)18/h4-7,11H,8-9H2,1-3H3,(H,15,19)(H,17,18). The molecule has 0 heterocycles. The van der Waals surface area contributed by atoms with Gasteiger partial charge in [-0.2, -0.15) is 0 Å². The van der Waals surface area contributed by atoms with Crippen LogP contribution in [0.25, 0.3) is 0 Å². The van der Waals surface area contributed by atoms with E-state index in [1.54, 1.807) is 7.05 Å². The fourth-order valence-electron chi connectivity index (χ4n) is 1.81. The van der Waals surface area contributed by atoms with Gasteiger partial charge in [-0.05, 0) is 25.0 Å². The van der Waals surface area contributed by atoms with Gasteiger partial charge in [0.25, 0.3) is 0 Å². The number of carbonyl (C=O) groups excluding carboxylic acids is 1. The second-order valence-corrected chi connectivity index (χ2v) is 4.59. The van der Waals surface area contributed by atoms with Crippen molar-refractivity contribution in [3.8, 4) is 0 Å². The third kappa shape index (κ3) is 4.62. The molecule has 0 fully saturated rings. The molecule has 0 saturated carbocycles. The first-order valence-electron chi connectivity index (χ1n) is 6.20. The van der Waals surface area contributed by atoms with Crippen LogP contribution in [0.4, 0.5) is 4.79 Å². The van der Waals surface area contributed by atoms with E-state index in [1.165, 1.54) is 4.90 Å². The van der Waals surface area contributed by atoms with Gasteiger partial charge in [-0.15, -0.1) is 0 Å². The number of aryl methyl sites for hydroxylation is 1. The number of urea groups is 1. The predicted molar refractivity (Wildman–Crippen MR) is 73.0 cm³/mol. The molecule has 0 aliphatic rings. The molecule has 104 valence electrons. The Hall–Kier alpha value is -2.04. The molecule has 0 aliphatic carbocycles. The molecule has 5 nitrogen and oxygen atoms in total. The minimum atomic E-state index is -0.911. The van der Waals surface area contributed by atoms with Crippen molar-refractivity contribution >= 4 is 12.0 Å². The first-order chi connectivity index (χ1) is 8.91. The Kier molecular flexibility index (Phi) is 5.36. The van der Waals surface area contributed by atoms with Gasteiger partial charge in [0.15, 0.2) is 0 Å². The lowest BCUT2D eigenvalue weighted by Gasteiger charge is -2.22. The van der Waals surface area contributed by atoms with E-state index in [1.807, 2.05) is 38.1 Å². The van der Waals surface area contributed by atoms with Crippen LogP contribution in [0.2, 0.25) is 0 Å². The van der Waals surface area contributed by atoms with Crippen LogP contribution in [0, 0.1) is 6.92 Å². The van der Waals surface area contributed by atoms with Gasteiger partial charge >= 0.3 is 12.0 Å². The number of nitrogens with zero attached hydrogens (tertiary/aromatic N) is 1. The molecule has 0 spiro atoms. The van der Waals surface area contributed by atoms with Crippen molar-refractivity contribution in [2.45, 2.75) is 26.3 Å². The Morgan fingerprint density at radius 1 is 1.37 bits per heavy atom. The zero-order chi connectivity index (χ0) is 14.4. The van der Waals surface area contributed by atoms with E-state index < -0.39 is 5.97 Å². The molecule has 5 heteroatoms. The maximum atomic E-state index is 11.9. The van der Waals surface area contributed by atoms with E-state index in [9.17, 15) is 9.59 Å². The minimum absolute atomic E-state index is 0.0529. The Bertz CT molecular complexity index is 460. The molecule has 2 N–H and O–H groups in total. The first-order valence-corrected chi connectivity index (χ1v) is 6.20. The van der Waals surface area contributed by atoms with Gasteiger partial charge < -0.3 is 15.3 Å². The lowest BCUT2D eigenvalue weighted by Crippen LogP contribution is -2.39. The lowest BCUT2D eigenvalue weighted by atomic mass is 10.0. The Morgan fingerprint density at radius 2 is 2.00 bits per heavy atom. The van der Waals surface area contributed by atoms with Crippen LogP contribution in [0.3, 0.4) is 0 Å². The van der Waals surface area contributed by atoms with Crippen molar-refractivity contribution in [3.05, 3.63) is 35.4 Å². The van der Waals surface area contributed by atoms with Crippen molar-refractivity contribution in [3.63, 3.8) is 0 Å². The van der Waals surface area contributed by atoms with Crippen molar-refractivity contribution < 1.29 is 14.7 Å². The molecule has 1 aromatic rings. The Balaban J connectivity index is 2.57. The van der Waals surface area contributed by atoms with Gasteiger partial charge in [0.1, 0.15) is 0 Å². The number of benzene rings is 1. The molecule has 0 saturated heterocycles. The molecule has 1 atom stereocenters. The van der Waals surface area contributed by atoms with Gasteiger partial charge in [-0.3, -0.25) is 4.79 Å². The van der Waals surface area contributed by atoms with Gasteiger partial charge in [0.2, 0.25) is 0 Å².